The van der Waals surface area contributed by atoms with Gasteiger partial charge in [-0.1, -0.05) is 18.2 Å². The van der Waals surface area contributed by atoms with E-state index in [4.69, 9.17) is 5.73 Å². The zero-order valence-electron chi connectivity index (χ0n) is 7.28. The minimum absolute atomic E-state index is 0.420. The molecule has 0 aromatic heterocycles. The van der Waals surface area contributed by atoms with Crippen LogP contribution in [0.3, 0.4) is 0 Å². The van der Waals surface area contributed by atoms with Crippen LogP contribution in [0.4, 0.5) is 5.69 Å². The Morgan fingerprint density at radius 3 is 2.71 bits per heavy atom. The lowest BCUT2D eigenvalue weighted by atomic mass is 9.95. The van der Waals surface area contributed by atoms with Crippen molar-refractivity contribution in [2.24, 2.45) is 5.73 Å². The number of nitrogens with two attached hydrogens (primary N) is 1. The first kappa shape index (κ1) is 8.55. The summed E-state index contributed by atoms with van der Waals surface area (Å²) in [5, 5.41) is 0. The van der Waals surface area contributed by atoms with E-state index in [0.717, 1.165) is 0 Å². The first-order valence-corrected chi connectivity index (χ1v) is 4.14. The Morgan fingerprint density at radius 2 is 2.00 bits per heavy atom. The van der Waals surface area contributed by atoms with Gasteiger partial charge in [0.15, 0.2) is 0 Å². The summed E-state index contributed by atoms with van der Waals surface area (Å²) < 4.78 is 0. The highest BCUT2D eigenvalue weighted by Crippen LogP contribution is 2.26. The molecular weight excluding hydrogens is 182 g/mol. The van der Waals surface area contributed by atoms with E-state index in [9.17, 15) is 9.59 Å². The Balaban J connectivity index is 2.51. The quantitative estimate of drug-likeness (QED) is 0.533. The van der Waals surface area contributed by atoms with E-state index in [-0.39, 0.29) is 0 Å². The van der Waals surface area contributed by atoms with E-state index in [1.807, 2.05) is 0 Å². The number of hydrazine groups is 1. The molecule has 1 aromatic carbocycles. The number of benzene rings is 1. The molecule has 0 aliphatic carbocycles. The molecule has 1 aliphatic heterocycles. The number of hydrogen-bond donors (Lipinski definition) is 3. The minimum Gasteiger partial charge on any atom is -0.369 e. The van der Waals surface area contributed by atoms with Crippen molar-refractivity contribution >= 4 is 17.5 Å². The summed E-state index contributed by atoms with van der Waals surface area (Å²) >= 11 is 0. The minimum atomic E-state index is -0.896. The molecule has 4 N–H and O–H groups in total. The molecule has 0 bridgehead atoms. The molecule has 5 nitrogen and oxygen atoms in total. The van der Waals surface area contributed by atoms with E-state index in [0.29, 0.717) is 11.3 Å². The van der Waals surface area contributed by atoms with Crippen LogP contribution in [0, 0.1) is 0 Å². The van der Waals surface area contributed by atoms with Gasteiger partial charge in [0.1, 0.15) is 5.92 Å². The lowest BCUT2D eigenvalue weighted by Gasteiger charge is -2.23. The standard InChI is InChI=1S/C9H9N3O2/c10-8(13)7-5-3-1-2-4-6(5)11-12-9(7)14/h1-4,7,11H,(H2,10,13)(H,12,14). The number of nitrogens with one attached hydrogen (secondary N) is 2. The maximum absolute atomic E-state index is 11.3. The topological polar surface area (TPSA) is 84.2 Å². The largest absolute Gasteiger partial charge is 0.369 e. The van der Waals surface area contributed by atoms with Crippen molar-refractivity contribution in [1.82, 2.24) is 5.43 Å². The Hall–Kier alpha value is -2.04. The average Bonchev–Trinajstić information content (AvgIpc) is 2.17. The van der Waals surface area contributed by atoms with Crippen LogP contribution in [0.5, 0.6) is 0 Å². The Kier molecular flexibility index (Phi) is 1.85. The summed E-state index contributed by atoms with van der Waals surface area (Å²) in [4.78, 5) is 22.4. The van der Waals surface area contributed by atoms with Gasteiger partial charge < -0.3 is 5.73 Å². The second kappa shape index (κ2) is 3.02. The Morgan fingerprint density at radius 1 is 1.29 bits per heavy atom. The molecule has 0 spiro atoms. The molecule has 0 saturated carbocycles. The van der Waals surface area contributed by atoms with Crippen LogP contribution in [0.25, 0.3) is 0 Å². The lowest BCUT2D eigenvalue weighted by molar-refractivity contribution is -0.129. The number of carbonyl (C=O) groups is 2. The molecule has 72 valence electrons. The Bertz CT molecular complexity index is 403. The number of primary amides is 1. The third-order valence-corrected chi connectivity index (χ3v) is 2.14. The number of anilines is 1. The van der Waals surface area contributed by atoms with Crippen molar-refractivity contribution in [2.75, 3.05) is 5.43 Å². The van der Waals surface area contributed by atoms with Crippen molar-refractivity contribution in [3.8, 4) is 0 Å². The van der Waals surface area contributed by atoms with Gasteiger partial charge in [0.25, 0.3) is 5.91 Å². The van der Waals surface area contributed by atoms with Gasteiger partial charge in [0, 0.05) is 0 Å². The third kappa shape index (κ3) is 1.19. The first-order chi connectivity index (χ1) is 6.70. The van der Waals surface area contributed by atoms with Crippen LogP contribution in [0.15, 0.2) is 24.3 Å². The van der Waals surface area contributed by atoms with E-state index in [2.05, 4.69) is 10.9 Å². The summed E-state index contributed by atoms with van der Waals surface area (Å²) in [7, 11) is 0. The molecule has 1 atom stereocenters. The second-order valence-electron chi connectivity index (χ2n) is 3.04. The molecule has 1 aromatic rings. The van der Waals surface area contributed by atoms with Gasteiger partial charge in [-0.05, 0) is 11.6 Å². The number of amides is 2. The van der Waals surface area contributed by atoms with Crippen LogP contribution in [0.1, 0.15) is 11.5 Å². The van der Waals surface area contributed by atoms with Gasteiger partial charge in [0.05, 0.1) is 5.69 Å². The predicted octanol–water partition coefficient (Wildman–Crippen LogP) is -0.288. The van der Waals surface area contributed by atoms with Gasteiger partial charge in [-0.3, -0.25) is 20.4 Å². The van der Waals surface area contributed by atoms with Gasteiger partial charge in [-0.2, -0.15) is 0 Å². The van der Waals surface area contributed by atoms with Crippen molar-refractivity contribution in [3.63, 3.8) is 0 Å². The fourth-order valence-corrected chi connectivity index (χ4v) is 1.49. The highest BCUT2D eigenvalue weighted by molar-refractivity contribution is 6.07. The number of carbonyl (C=O) groups excluding carboxylic acids is 2. The summed E-state index contributed by atoms with van der Waals surface area (Å²) in [5.41, 5.74) is 11.5. The molecule has 1 heterocycles. The van der Waals surface area contributed by atoms with Crippen LogP contribution in [0.2, 0.25) is 0 Å². The van der Waals surface area contributed by atoms with Crippen LogP contribution < -0.4 is 16.6 Å². The van der Waals surface area contributed by atoms with E-state index >= 15 is 0 Å². The van der Waals surface area contributed by atoms with Crippen LogP contribution in [-0.4, -0.2) is 11.8 Å². The molecule has 0 radical (unpaired) electrons. The van der Waals surface area contributed by atoms with E-state index < -0.39 is 17.7 Å². The summed E-state index contributed by atoms with van der Waals surface area (Å²) in [6.07, 6.45) is 0. The predicted molar refractivity (Wildman–Crippen MR) is 50.1 cm³/mol. The van der Waals surface area contributed by atoms with Crippen LogP contribution >= 0.6 is 0 Å². The highest BCUT2D eigenvalue weighted by Gasteiger charge is 2.31. The van der Waals surface area contributed by atoms with E-state index in [1.165, 1.54) is 0 Å². The zero-order valence-corrected chi connectivity index (χ0v) is 7.28. The number of rotatable bonds is 1. The van der Waals surface area contributed by atoms with E-state index in [1.54, 1.807) is 24.3 Å². The number of hydrogen-bond acceptors (Lipinski definition) is 3. The molecule has 2 amide bonds. The smallest absolute Gasteiger partial charge is 0.255 e. The fraction of sp³-hybridized carbons (Fsp3) is 0.111. The van der Waals surface area contributed by atoms with Gasteiger partial charge in [-0.15, -0.1) is 0 Å². The summed E-state index contributed by atoms with van der Waals surface area (Å²) in [6.45, 7) is 0. The summed E-state index contributed by atoms with van der Waals surface area (Å²) in [6, 6.07) is 7.04. The molecule has 0 saturated heterocycles. The van der Waals surface area contributed by atoms with Gasteiger partial charge >= 0.3 is 0 Å². The monoisotopic (exact) mass is 191 g/mol. The first-order valence-electron chi connectivity index (χ1n) is 4.14. The SMILES string of the molecule is NC(=O)C1C(=O)NNc2ccccc21. The third-order valence-electron chi connectivity index (χ3n) is 2.14. The highest BCUT2D eigenvalue weighted by atomic mass is 16.2. The van der Waals surface area contributed by atoms with Crippen molar-refractivity contribution in [3.05, 3.63) is 29.8 Å². The van der Waals surface area contributed by atoms with Crippen molar-refractivity contribution in [1.29, 1.82) is 0 Å². The molecule has 1 aliphatic rings. The Labute approximate surface area is 80.3 Å². The summed E-state index contributed by atoms with van der Waals surface area (Å²) in [5.74, 6) is -1.96. The van der Waals surface area contributed by atoms with Gasteiger partial charge in [0.2, 0.25) is 5.91 Å². The lowest BCUT2D eigenvalue weighted by Crippen LogP contribution is -2.44. The number of fused-ring (bicyclic) bond motifs is 1. The second-order valence-corrected chi connectivity index (χ2v) is 3.04. The van der Waals surface area contributed by atoms with Gasteiger partial charge in [-0.25, -0.2) is 0 Å². The molecule has 5 heteroatoms. The normalized spacial score (nSPS) is 19.1. The van der Waals surface area contributed by atoms with Crippen molar-refractivity contribution < 1.29 is 9.59 Å². The molecule has 2 rings (SSSR count). The fourth-order valence-electron chi connectivity index (χ4n) is 1.49. The van der Waals surface area contributed by atoms with Crippen molar-refractivity contribution in [2.45, 2.75) is 5.92 Å². The molecule has 0 fully saturated rings. The molecule has 1 unspecified atom stereocenters. The molecular formula is C9H9N3O2. The zero-order chi connectivity index (χ0) is 10.1. The van der Waals surface area contributed by atoms with Crippen LogP contribution in [-0.2, 0) is 9.59 Å². The maximum Gasteiger partial charge on any atom is 0.255 e. The molecule has 14 heavy (non-hydrogen) atoms. The maximum atomic E-state index is 11.3. The average molecular weight is 191 g/mol. The number of para-hydroxylation sites is 1.